The van der Waals surface area contributed by atoms with Crippen molar-refractivity contribution in [2.45, 2.75) is 63.8 Å². The Labute approximate surface area is 226 Å². The average Bonchev–Trinajstić information content (AvgIpc) is 3.40. The van der Waals surface area contributed by atoms with Crippen molar-refractivity contribution < 1.29 is 19.5 Å². The monoisotopic (exact) mass is 529 g/mol. The quantitative estimate of drug-likeness (QED) is 0.476. The molecule has 2 amide bonds. The zero-order chi connectivity index (χ0) is 26.4. The summed E-state index contributed by atoms with van der Waals surface area (Å²) < 4.78 is 0. The number of rotatable bonds is 8. The molecular formula is C30H31N3O4S. The Bertz CT molecular complexity index is 1380. The topological polar surface area (TPSA) is 90.8 Å². The summed E-state index contributed by atoms with van der Waals surface area (Å²) >= 11 is 1.61. The van der Waals surface area contributed by atoms with E-state index in [1.165, 1.54) is 0 Å². The van der Waals surface area contributed by atoms with Crippen molar-refractivity contribution in [1.82, 2.24) is 14.8 Å². The Balaban J connectivity index is 1.14. The summed E-state index contributed by atoms with van der Waals surface area (Å²) in [6, 6.07) is 14.4. The zero-order valence-corrected chi connectivity index (χ0v) is 22.2. The SMILES string of the molecule is Cc1ncsc1-c1ccc(CCC(=O)[C@@H]2C[C@@H](O)CN2C(=O)C(C2CC2)N2Cc3ccccc3C2=O)cc1. The summed E-state index contributed by atoms with van der Waals surface area (Å²) in [5.41, 5.74) is 6.59. The molecule has 0 radical (unpaired) electrons. The molecule has 3 heterocycles. The van der Waals surface area contributed by atoms with Gasteiger partial charge in [-0.15, -0.1) is 11.3 Å². The molecule has 3 atom stereocenters. The first-order valence-corrected chi connectivity index (χ1v) is 14.2. The molecule has 3 aliphatic rings. The molecular weight excluding hydrogens is 498 g/mol. The van der Waals surface area contributed by atoms with E-state index in [0.717, 1.165) is 40.1 Å². The largest absolute Gasteiger partial charge is 0.391 e. The van der Waals surface area contributed by atoms with Crippen LogP contribution < -0.4 is 0 Å². The highest BCUT2D eigenvalue weighted by molar-refractivity contribution is 7.13. The molecule has 0 bridgehead atoms. The second-order valence-corrected chi connectivity index (χ2v) is 11.6. The Morgan fingerprint density at radius 3 is 2.58 bits per heavy atom. The molecule has 0 spiro atoms. The Hall–Kier alpha value is -3.36. The smallest absolute Gasteiger partial charge is 0.255 e. The predicted octanol–water partition coefficient (Wildman–Crippen LogP) is 4.02. The fourth-order valence-electron chi connectivity index (χ4n) is 5.87. The first-order valence-electron chi connectivity index (χ1n) is 13.3. The normalized spacial score (nSPS) is 21.6. The minimum Gasteiger partial charge on any atom is -0.391 e. The van der Waals surface area contributed by atoms with Crippen LogP contribution in [-0.2, 0) is 22.6 Å². The van der Waals surface area contributed by atoms with Crippen LogP contribution in [0.5, 0.6) is 0 Å². The van der Waals surface area contributed by atoms with Gasteiger partial charge in [-0.2, -0.15) is 0 Å². The number of nitrogens with zero attached hydrogens (tertiary/aromatic N) is 3. The standard InChI is InChI=1S/C30H31N3O4S/c1-18-28(38-17-31-18)21-9-6-19(7-10-21)8-13-26(35)25-14-23(34)16-32(25)30(37)27(20-11-12-20)33-15-22-4-2-3-5-24(22)29(33)36/h2-7,9-10,17,20,23,25,27,34H,8,11-16H2,1H3/t23-,25+,27?/m1/s1. The number of ketones is 1. The molecule has 2 aromatic carbocycles. The lowest BCUT2D eigenvalue weighted by molar-refractivity contribution is -0.142. The molecule has 3 aromatic rings. The van der Waals surface area contributed by atoms with Gasteiger partial charge in [-0.3, -0.25) is 14.4 Å². The molecule has 1 unspecified atom stereocenters. The van der Waals surface area contributed by atoms with Gasteiger partial charge in [0.05, 0.1) is 28.2 Å². The first-order chi connectivity index (χ1) is 18.4. The van der Waals surface area contributed by atoms with Gasteiger partial charge >= 0.3 is 0 Å². The summed E-state index contributed by atoms with van der Waals surface area (Å²) in [4.78, 5) is 49.1. The van der Waals surface area contributed by atoms with Gasteiger partial charge in [-0.25, -0.2) is 4.98 Å². The maximum atomic E-state index is 13.9. The average molecular weight is 530 g/mol. The second kappa shape index (κ2) is 10.1. The van der Waals surface area contributed by atoms with Gasteiger partial charge in [0, 0.05) is 31.5 Å². The lowest BCUT2D eigenvalue weighted by Gasteiger charge is -2.33. The van der Waals surface area contributed by atoms with Crippen molar-refractivity contribution in [3.63, 3.8) is 0 Å². The molecule has 1 saturated heterocycles. The number of Topliss-reactive ketones (excluding diaryl/α,β-unsaturated/α-hetero) is 1. The third kappa shape index (κ3) is 4.67. The van der Waals surface area contributed by atoms with Crippen LogP contribution >= 0.6 is 11.3 Å². The summed E-state index contributed by atoms with van der Waals surface area (Å²) in [7, 11) is 0. The van der Waals surface area contributed by atoms with Crippen LogP contribution in [0.25, 0.3) is 10.4 Å². The van der Waals surface area contributed by atoms with E-state index < -0.39 is 18.2 Å². The van der Waals surface area contributed by atoms with Crippen LogP contribution in [0.15, 0.2) is 54.0 Å². The van der Waals surface area contributed by atoms with Crippen molar-refractivity contribution in [2.75, 3.05) is 6.54 Å². The number of hydrogen-bond acceptors (Lipinski definition) is 6. The molecule has 2 aliphatic heterocycles. The van der Waals surface area contributed by atoms with Gasteiger partial charge in [0.15, 0.2) is 5.78 Å². The van der Waals surface area contributed by atoms with Crippen molar-refractivity contribution in [1.29, 1.82) is 0 Å². The number of hydrogen-bond donors (Lipinski definition) is 1. The number of fused-ring (bicyclic) bond motifs is 1. The third-order valence-electron chi connectivity index (χ3n) is 8.06. The number of likely N-dealkylation sites (tertiary alicyclic amines) is 1. The molecule has 2 fully saturated rings. The highest BCUT2D eigenvalue weighted by Crippen LogP contribution is 2.40. The first kappa shape index (κ1) is 24.9. The molecule has 1 aromatic heterocycles. The minimum atomic E-state index is -0.735. The van der Waals surface area contributed by atoms with Gasteiger partial charge in [-0.1, -0.05) is 42.5 Å². The van der Waals surface area contributed by atoms with E-state index >= 15 is 0 Å². The molecule has 7 nitrogen and oxygen atoms in total. The number of aliphatic hydroxyl groups is 1. The van der Waals surface area contributed by atoms with E-state index in [0.29, 0.717) is 24.9 Å². The summed E-state index contributed by atoms with van der Waals surface area (Å²) in [6.07, 6.45) is 2.16. The second-order valence-electron chi connectivity index (χ2n) is 10.7. The maximum absolute atomic E-state index is 13.9. The number of β-amino-alcohol motifs (C(OH)–C–C–N with tert-alkyl or cyclic N) is 1. The van der Waals surface area contributed by atoms with Crippen LogP contribution in [0.3, 0.4) is 0 Å². The number of aryl methyl sites for hydroxylation is 2. The van der Waals surface area contributed by atoms with Gasteiger partial charge in [-0.05, 0) is 54.9 Å². The van der Waals surface area contributed by atoms with Crippen LogP contribution in [0.4, 0.5) is 0 Å². The fraction of sp³-hybridized carbons (Fsp3) is 0.400. The summed E-state index contributed by atoms with van der Waals surface area (Å²) in [5.74, 6) is -0.254. The number of thiazole rings is 1. The van der Waals surface area contributed by atoms with E-state index in [1.54, 1.807) is 21.1 Å². The Morgan fingerprint density at radius 1 is 1.13 bits per heavy atom. The molecule has 6 rings (SSSR count). The van der Waals surface area contributed by atoms with Crippen LogP contribution in [0.1, 0.15) is 52.9 Å². The zero-order valence-electron chi connectivity index (χ0n) is 21.4. The molecule has 1 aliphatic carbocycles. The van der Waals surface area contributed by atoms with Crippen molar-refractivity contribution in [3.8, 4) is 10.4 Å². The number of carbonyl (C=O) groups is 3. The van der Waals surface area contributed by atoms with Gasteiger partial charge in [0.2, 0.25) is 5.91 Å². The van der Waals surface area contributed by atoms with Crippen molar-refractivity contribution in [2.24, 2.45) is 5.92 Å². The van der Waals surface area contributed by atoms with Gasteiger partial charge in [0.25, 0.3) is 5.91 Å². The number of amides is 2. The maximum Gasteiger partial charge on any atom is 0.255 e. The van der Waals surface area contributed by atoms with Crippen LogP contribution in [0.2, 0.25) is 0 Å². The minimum absolute atomic E-state index is 0.0390. The number of carbonyl (C=O) groups excluding carboxylic acids is 3. The van der Waals surface area contributed by atoms with E-state index in [2.05, 4.69) is 17.1 Å². The Morgan fingerprint density at radius 2 is 1.89 bits per heavy atom. The fourth-order valence-corrected chi connectivity index (χ4v) is 6.68. The van der Waals surface area contributed by atoms with E-state index in [-0.39, 0.29) is 36.5 Å². The lowest BCUT2D eigenvalue weighted by atomic mass is 9.99. The number of aliphatic hydroxyl groups excluding tert-OH is 1. The van der Waals surface area contributed by atoms with E-state index in [9.17, 15) is 19.5 Å². The predicted molar refractivity (Wildman–Crippen MR) is 145 cm³/mol. The van der Waals surface area contributed by atoms with Crippen LogP contribution in [-0.4, -0.2) is 62.2 Å². The summed E-state index contributed by atoms with van der Waals surface area (Å²) in [5, 5.41) is 10.5. The molecule has 196 valence electrons. The highest BCUT2D eigenvalue weighted by atomic mass is 32.1. The molecule has 8 heteroatoms. The van der Waals surface area contributed by atoms with Gasteiger partial charge in [0.1, 0.15) is 6.04 Å². The van der Waals surface area contributed by atoms with Crippen molar-refractivity contribution >= 4 is 28.9 Å². The highest BCUT2D eigenvalue weighted by Gasteiger charge is 2.49. The number of benzene rings is 2. The van der Waals surface area contributed by atoms with E-state index in [1.807, 2.05) is 48.8 Å². The third-order valence-corrected chi connectivity index (χ3v) is 9.04. The summed E-state index contributed by atoms with van der Waals surface area (Å²) in [6.45, 7) is 2.54. The number of aromatic nitrogens is 1. The molecule has 38 heavy (non-hydrogen) atoms. The molecule has 1 saturated carbocycles. The van der Waals surface area contributed by atoms with Crippen LogP contribution in [0, 0.1) is 12.8 Å². The Kier molecular flexibility index (Phi) is 6.61. The van der Waals surface area contributed by atoms with Gasteiger partial charge < -0.3 is 14.9 Å². The molecule has 1 N–H and O–H groups in total. The lowest BCUT2D eigenvalue weighted by Crippen LogP contribution is -2.53. The van der Waals surface area contributed by atoms with E-state index in [4.69, 9.17) is 0 Å². The van der Waals surface area contributed by atoms with Crippen molar-refractivity contribution in [3.05, 3.63) is 76.4 Å².